The van der Waals surface area contributed by atoms with Crippen LogP contribution in [-0.4, -0.2) is 18.4 Å². The molecule has 0 atom stereocenters. The van der Waals surface area contributed by atoms with Gasteiger partial charge in [0.25, 0.3) is 0 Å². The molecule has 0 radical (unpaired) electrons. The fourth-order valence-electron chi connectivity index (χ4n) is 1.54. The largest absolute Gasteiger partial charge is 0.504 e. The third-order valence-corrected chi connectivity index (χ3v) is 2.85. The monoisotopic (exact) mass is 295 g/mol. The van der Waals surface area contributed by atoms with Crippen molar-refractivity contribution < 1.29 is 9.84 Å². The first-order valence-corrected chi connectivity index (χ1v) is 6.21. The first-order valence-electron chi connectivity index (χ1n) is 5.45. The summed E-state index contributed by atoms with van der Waals surface area (Å²) in [4.78, 5) is 4.27. The average molecular weight is 296 g/mol. The molecule has 5 heteroatoms. The Morgan fingerprint density at radius 3 is 2.42 bits per heavy atom. The molecule has 2 aromatic carbocycles. The standard InChI is InChI=1S/C14H11Cl2NO2/c1-19-14-4-9(2-3-13(14)18)8-17-12-6-10(15)5-11(16)7-12/h2-8,18H,1H3. The van der Waals surface area contributed by atoms with Gasteiger partial charge in [-0.2, -0.15) is 0 Å². The molecule has 0 aliphatic carbocycles. The molecule has 0 spiro atoms. The Morgan fingerprint density at radius 2 is 1.79 bits per heavy atom. The molecule has 0 aliphatic heterocycles. The molecule has 0 aromatic heterocycles. The number of benzene rings is 2. The summed E-state index contributed by atoms with van der Waals surface area (Å²) in [5.74, 6) is 0.485. The second kappa shape index (κ2) is 5.95. The van der Waals surface area contributed by atoms with Crippen LogP contribution in [0.2, 0.25) is 10.0 Å². The summed E-state index contributed by atoms with van der Waals surface area (Å²) >= 11 is 11.8. The molecular weight excluding hydrogens is 285 g/mol. The molecular formula is C14H11Cl2NO2. The van der Waals surface area contributed by atoms with E-state index >= 15 is 0 Å². The summed E-state index contributed by atoms with van der Waals surface area (Å²) in [6.45, 7) is 0. The quantitative estimate of drug-likeness (QED) is 0.850. The molecule has 2 aromatic rings. The zero-order valence-corrected chi connectivity index (χ0v) is 11.6. The summed E-state index contributed by atoms with van der Waals surface area (Å²) in [6, 6.07) is 10.0. The van der Waals surface area contributed by atoms with E-state index in [1.165, 1.54) is 7.11 Å². The van der Waals surface area contributed by atoms with Gasteiger partial charge in [0.2, 0.25) is 0 Å². The predicted octanol–water partition coefficient (Wildman–Crippen LogP) is 4.46. The highest BCUT2D eigenvalue weighted by molar-refractivity contribution is 6.35. The number of ether oxygens (including phenoxy) is 1. The van der Waals surface area contributed by atoms with E-state index in [1.54, 1.807) is 42.6 Å². The van der Waals surface area contributed by atoms with Crippen molar-refractivity contribution >= 4 is 35.1 Å². The number of aliphatic imine (C=N–C) groups is 1. The summed E-state index contributed by atoms with van der Waals surface area (Å²) in [6.07, 6.45) is 1.64. The van der Waals surface area contributed by atoms with Gasteiger partial charge in [0.05, 0.1) is 12.8 Å². The lowest BCUT2D eigenvalue weighted by atomic mass is 10.2. The molecule has 1 N–H and O–H groups in total. The fraction of sp³-hybridized carbons (Fsp3) is 0.0714. The number of nitrogens with zero attached hydrogens (tertiary/aromatic N) is 1. The van der Waals surface area contributed by atoms with Gasteiger partial charge in [0, 0.05) is 16.3 Å². The Bertz CT molecular complexity index is 607. The van der Waals surface area contributed by atoms with Crippen molar-refractivity contribution in [1.82, 2.24) is 0 Å². The Balaban J connectivity index is 2.27. The second-order valence-corrected chi connectivity index (χ2v) is 4.69. The van der Waals surface area contributed by atoms with E-state index in [0.717, 1.165) is 5.56 Å². The highest BCUT2D eigenvalue weighted by Gasteiger charge is 2.01. The maximum Gasteiger partial charge on any atom is 0.161 e. The normalized spacial score (nSPS) is 10.9. The average Bonchev–Trinajstić information content (AvgIpc) is 2.36. The van der Waals surface area contributed by atoms with Crippen LogP contribution in [0.25, 0.3) is 0 Å². The maximum atomic E-state index is 9.49. The molecule has 98 valence electrons. The van der Waals surface area contributed by atoms with E-state index in [0.29, 0.717) is 21.5 Å². The van der Waals surface area contributed by atoms with E-state index in [2.05, 4.69) is 4.99 Å². The summed E-state index contributed by atoms with van der Waals surface area (Å²) in [7, 11) is 1.49. The number of halogens is 2. The third-order valence-electron chi connectivity index (χ3n) is 2.41. The van der Waals surface area contributed by atoms with Crippen LogP contribution >= 0.6 is 23.2 Å². The van der Waals surface area contributed by atoms with Crippen molar-refractivity contribution in [1.29, 1.82) is 0 Å². The van der Waals surface area contributed by atoms with Crippen LogP contribution < -0.4 is 4.74 Å². The van der Waals surface area contributed by atoms with Gasteiger partial charge in [-0.3, -0.25) is 4.99 Å². The number of hydrogen-bond donors (Lipinski definition) is 1. The molecule has 19 heavy (non-hydrogen) atoms. The highest BCUT2D eigenvalue weighted by atomic mass is 35.5. The van der Waals surface area contributed by atoms with Gasteiger partial charge in [0.15, 0.2) is 11.5 Å². The number of phenolic OH excluding ortho intramolecular Hbond substituents is 1. The number of methoxy groups -OCH3 is 1. The minimum Gasteiger partial charge on any atom is -0.504 e. The number of aromatic hydroxyl groups is 1. The van der Waals surface area contributed by atoms with Gasteiger partial charge in [0.1, 0.15) is 0 Å². The Kier molecular flexibility index (Phi) is 4.30. The van der Waals surface area contributed by atoms with Gasteiger partial charge >= 0.3 is 0 Å². The van der Waals surface area contributed by atoms with Gasteiger partial charge in [-0.25, -0.2) is 0 Å². The lowest BCUT2D eigenvalue weighted by Gasteiger charge is -2.03. The van der Waals surface area contributed by atoms with Gasteiger partial charge in [-0.05, 0) is 42.0 Å². The molecule has 0 aliphatic rings. The van der Waals surface area contributed by atoms with Crippen molar-refractivity contribution in [3.63, 3.8) is 0 Å². The van der Waals surface area contributed by atoms with Crippen LogP contribution in [0.1, 0.15) is 5.56 Å². The van der Waals surface area contributed by atoms with Crippen LogP contribution in [0.5, 0.6) is 11.5 Å². The summed E-state index contributed by atoms with van der Waals surface area (Å²) in [5, 5.41) is 10.5. The van der Waals surface area contributed by atoms with Crippen LogP contribution in [0, 0.1) is 0 Å². The fourth-order valence-corrected chi connectivity index (χ4v) is 2.05. The molecule has 0 bridgehead atoms. The Hall–Kier alpha value is -1.71. The van der Waals surface area contributed by atoms with Crippen LogP contribution in [0.15, 0.2) is 41.4 Å². The number of rotatable bonds is 3. The SMILES string of the molecule is COc1cc(C=Nc2cc(Cl)cc(Cl)c2)ccc1O. The zero-order valence-electron chi connectivity index (χ0n) is 10.1. The second-order valence-electron chi connectivity index (χ2n) is 3.82. The lowest BCUT2D eigenvalue weighted by molar-refractivity contribution is 0.373. The van der Waals surface area contributed by atoms with Crippen LogP contribution in [0.3, 0.4) is 0 Å². The smallest absolute Gasteiger partial charge is 0.161 e. The number of hydrogen-bond acceptors (Lipinski definition) is 3. The molecule has 2 rings (SSSR count). The minimum absolute atomic E-state index is 0.0884. The van der Waals surface area contributed by atoms with Crippen molar-refractivity contribution in [3.05, 3.63) is 52.0 Å². The molecule has 0 amide bonds. The van der Waals surface area contributed by atoms with Crippen molar-refractivity contribution in [3.8, 4) is 11.5 Å². The lowest BCUT2D eigenvalue weighted by Crippen LogP contribution is -1.86. The van der Waals surface area contributed by atoms with Gasteiger partial charge in [-0.15, -0.1) is 0 Å². The predicted molar refractivity (Wildman–Crippen MR) is 78.4 cm³/mol. The van der Waals surface area contributed by atoms with E-state index in [1.807, 2.05) is 0 Å². The van der Waals surface area contributed by atoms with E-state index in [-0.39, 0.29) is 5.75 Å². The zero-order chi connectivity index (χ0) is 13.8. The van der Waals surface area contributed by atoms with E-state index < -0.39 is 0 Å². The first-order chi connectivity index (χ1) is 9.08. The van der Waals surface area contributed by atoms with Crippen molar-refractivity contribution in [2.75, 3.05) is 7.11 Å². The molecule has 0 saturated heterocycles. The molecule has 3 nitrogen and oxygen atoms in total. The minimum atomic E-state index is 0.0884. The van der Waals surface area contributed by atoms with Crippen molar-refractivity contribution in [2.24, 2.45) is 4.99 Å². The molecule has 0 heterocycles. The van der Waals surface area contributed by atoms with Gasteiger partial charge < -0.3 is 9.84 Å². The molecule has 0 saturated carbocycles. The summed E-state index contributed by atoms with van der Waals surface area (Å²) < 4.78 is 5.02. The van der Waals surface area contributed by atoms with E-state index in [9.17, 15) is 5.11 Å². The van der Waals surface area contributed by atoms with E-state index in [4.69, 9.17) is 27.9 Å². The third kappa shape index (κ3) is 3.63. The Labute approximate surface area is 121 Å². The number of phenols is 1. The van der Waals surface area contributed by atoms with Crippen LogP contribution in [-0.2, 0) is 0 Å². The Morgan fingerprint density at radius 1 is 1.11 bits per heavy atom. The topological polar surface area (TPSA) is 41.8 Å². The highest BCUT2D eigenvalue weighted by Crippen LogP contribution is 2.27. The van der Waals surface area contributed by atoms with Crippen LogP contribution in [0.4, 0.5) is 5.69 Å². The summed E-state index contributed by atoms with van der Waals surface area (Å²) in [5.41, 5.74) is 1.45. The first kappa shape index (κ1) is 13.7. The van der Waals surface area contributed by atoms with Crippen molar-refractivity contribution in [2.45, 2.75) is 0 Å². The molecule has 0 fully saturated rings. The maximum absolute atomic E-state index is 9.49. The van der Waals surface area contributed by atoms with Gasteiger partial charge in [-0.1, -0.05) is 23.2 Å². The molecule has 0 unspecified atom stereocenters.